The van der Waals surface area contributed by atoms with Crippen LogP contribution in [-0.4, -0.2) is 47.8 Å². The van der Waals surface area contributed by atoms with Gasteiger partial charge in [0.1, 0.15) is 18.5 Å². The van der Waals surface area contributed by atoms with Crippen molar-refractivity contribution in [2.45, 2.75) is 38.3 Å². The van der Waals surface area contributed by atoms with Crippen LogP contribution in [0.4, 0.5) is 0 Å². The molecule has 3 N–H and O–H groups in total. The van der Waals surface area contributed by atoms with E-state index in [9.17, 15) is 9.90 Å². The Labute approximate surface area is 125 Å². The maximum absolute atomic E-state index is 11.4. The van der Waals surface area contributed by atoms with Gasteiger partial charge < -0.3 is 15.6 Å². The number of β-amino-alcohol motifs (C(OH)–C–C–N with tert-alkyl or cyclic N) is 1. The Hall–Kier alpha value is -1.59. The summed E-state index contributed by atoms with van der Waals surface area (Å²) in [6, 6.07) is 7.45. The first kappa shape index (κ1) is 15.8. The Morgan fingerprint density at radius 2 is 2.24 bits per heavy atom. The minimum Gasteiger partial charge on any atom is -0.491 e. The minimum atomic E-state index is -0.635. The molecule has 0 saturated carbocycles. The SMILES string of the molecule is Cc1ccccc1OCC(O)CN1CCCCC1C(N)=O. The zero-order valence-electron chi connectivity index (χ0n) is 12.5. The third-order valence-corrected chi connectivity index (χ3v) is 3.91. The van der Waals surface area contributed by atoms with Gasteiger partial charge in [0, 0.05) is 6.54 Å². The number of carbonyl (C=O) groups is 1. The molecule has 1 aliphatic rings. The third-order valence-electron chi connectivity index (χ3n) is 3.91. The molecule has 2 unspecified atom stereocenters. The summed E-state index contributed by atoms with van der Waals surface area (Å²) in [5.41, 5.74) is 6.46. The molecule has 1 aromatic rings. The van der Waals surface area contributed by atoms with E-state index in [1.54, 1.807) is 0 Å². The fourth-order valence-electron chi connectivity index (χ4n) is 2.76. The van der Waals surface area contributed by atoms with Crippen molar-refractivity contribution in [3.63, 3.8) is 0 Å². The van der Waals surface area contributed by atoms with E-state index in [-0.39, 0.29) is 18.6 Å². The van der Waals surface area contributed by atoms with Crippen molar-refractivity contribution in [3.8, 4) is 5.75 Å². The van der Waals surface area contributed by atoms with E-state index in [0.717, 1.165) is 37.1 Å². The highest BCUT2D eigenvalue weighted by Gasteiger charge is 2.28. The van der Waals surface area contributed by atoms with Crippen molar-refractivity contribution in [2.75, 3.05) is 19.7 Å². The molecule has 1 aromatic carbocycles. The first-order chi connectivity index (χ1) is 10.1. The van der Waals surface area contributed by atoms with Gasteiger partial charge in [0.05, 0.1) is 6.04 Å². The zero-order chi connectivity index (χ0) is 15.2. The van der Waals surface area contributed by atoms with Crippen LogP contribution in [-0.2, 0) is 4.79 Å². The number of amides is 1. The summed E-state index contributed by atoms with van der Waals surface area (Å²) in [6.45, 7) is 3.40. The molecule has 116 valence electrons. The van der Waals surface area contributed by atoms with E-state index >= 15 is 0 Å². The van der Waals surface area contributed by atoms with E-state index in [1.165, 1.54) is 0 Å². The Kier molecular flexibility index (Phi) is 5.59. The molecule has 5 heteroatoms. The highest BCUT2D eigenvalue weighted by atomic mass is 16.5. The van der Waals surface area contributed by atoms with E-state index in [2.05, 4.69) is 0 Å². The molecule has 5 nitrogen and oxygen atoms in total. The topological polar surface area (TPSA) is 75.8 Å². The van der Waals surface area contributed by atoms with E-state index < -0.39 is 6.10 Å². The minimum absolute atomic E-state index is 0.215. The van der Waals surface area contributed by atoms with Crippen molar-refractivity contribution in [1.82, 2.24) is 4.90 Å². The maximum atomic E-state index is 11.4. The Morgan fingerprint density at radius 1 is 1.48 bits per heavy atom. The molecular formula is C16H24N2O3. The van der Waals surface area contributed by atoms with Gasteiger partial charge in [0.2, 0.25) is 5.91 Å². The highest BCUT2D eigenvalue weighted by molar-refractivity contribution is 5.79. The smallest absolute Gasteiger partial charge is 0.234 e. The number of ether oxygens (including phenoxy) is 1. The van der Waals surface area contributed by atoms with E-state index in [4.69, 9.17) is 10.5 Å². The number of para-hydroxylation sites is 1. The number of likely N-dealkylation sites (tertiary alicyclic amines) is 1. The normalized spacial score (nSPS) is 21.0. The van der Waals surface area contributed by atoms with Gasteiger partial charge >= 0.3 is 0 Å². The second-order valence-corrected chi connectivity index (χ2v) is 5.64. The predicted molar refractivity (Wildman–Crippen MR) is 81.1 cm³/mol. The molecule has 0 aliphatic carbocycles. The van der Waals surface area contributed by atoms with Gasteiger partial charge in [-0.1, -0.05) is 24.6 Å². The number of carbonyl (C=O) groups excluding carboxylic acids is 1. The molecule has 2 atom stereocenters. The van der Waals surface area contributed by atoms with Crippen LogP contribution < -0.4 is 10.5 Å². The lowest BCUT2D eigenvalue weighted by molar-refractivity contribution is -0.125. The average molecular weight is 292 g/mol. The van der Waals surface area contributed by atoms with Gasteiger partial charge in [-0.05, 0) is 37.9 Å². The van der Waals surface area contributed by atoms with Crippen LogP contribution >= 0.6 is 0 Å². The van der Waals surface area contributed by atoms with Crippen LogP contribution in [0.5, 0.6) is 5.75 Å². The number of aliphatic hydroxyl groups excluding tert-OH is 1. The largest absolute Gasteiger partial charge is 0.491 e. The van der Waals surface area contributed by atoms with E-state index in [0.29, 0.717) is 6.54 Å². The summed E-state index contributed by atoms with van der Waals surface area (Å²) < 4.78 is 5.64. The second-order valence-electron chi connectivity index (χ2n) is 5.64. The van der Waals surface area contributed by atoms with Crippen LogP contribution in [0.15, 0.2) is 24.3 Å². The molecule has 0 bridgehead atoms. The highest BCUT2D eigenvalue weighted by Crippen LogP contribution is 2.18. The lowest BCUT2D eigenvalue weighted by Crippen LogP contribution is -2.50. The number of nitrogens with zero attached hydrogens (tertiary/aromatic N) is 1. The number of primary amides is 1. The van der Waals surface area contributed by atoms with Gasteiger partial charge in [-0.3, -0.25) is 9.69 Å². The summed E-state index contributed by atoms with van der Waals surface area (Å²) in [6.07, 6.45) is 2.19. The number of aryl methyl sites for hydroxylation is 1. The van der Waals surface area contributed by atoms with Crippen LogP contribution in [0.1, 0.15) is 24.8 Å². The van der Waals surface area contributed by atoms with Gasteiger partial charge in [-0.15, -0.1) is 0 Å². The predicted octanol–water partition coefficient (Wildman–Crippen LogP) is 1.07. The summed E-state index contributed by atoms with van der Waals surface area (Å²) in [4.78, 5) is 13.4. The third kappa shape index (κ3) is 4.44. The van der Waals surface area contributed by atoms with Crippen molar-refractivity contribution < 1.29 is 14.6 Å². The molecule has 0 spiro atoms. The van der Waals surface area contributed by atoms with Gasteiger partial charge in [0.25, 0.3) is 0 Å². The number of nitrogens with two attached hydrogens (primary N) is 1. The molecule has 0 radical (unpaired) electrons. The molecule has 1 aliphatic heterocycles. The van der Waals surface area contributed by atoms with Gasteiger partial charge in [-0.2, -0.15) is 0 Å². The number of rotatable bonds is 6. The van der Waals surface area contributed by atoms with Crippen molar-refractivity contribution in [3.05, 3.63) is 29.8 Å². The van der Waals surface area contributed by atoms with E-state index in [1.807, 2.05) is 36.1 Å². The maximum Gasteiger partial charge on any atom is 0.234 e. The van der Waals surface area contributed by atoms with Crippen molar-refractivity contribution in [2.24, 2.45) is 5.73 Å². The number of benzene rings is 1. The number of piperidine rings is 1. The first-order valence-electron chi connectivity index (χ1n) is 7.48. The Morgan fingerprint density at radius 3 is 2.95 bits per heavy atom. The van der Waals surface area contributed by atoms with Crippen molar-refractivity contribution in [1.29, 1.82) is 0 Å². The second kappa shape index (κ2) is 7.43. The number of aliphatic hydroxyl groups is 1. The molecule has 2 rings (SSSR count). The van der Waals surface area contributed by atoms with Crippen LogP contribution in [0.25, 0.3) is 0 Å². The lowest BCUT2D eigenvalue weighted by atomic mass is 10.0. The standard InChI is InChI=1S/C16H24N2O3/c1-12-6-2-3-8-15(12)21-11-13(19)10-18-9-5-4-7-14(18)16(17)20/h2-3,6,8,13-14,19H,4-5,7,9-11H2,1H3,(H2,17,20). The Bertz CT molecular complexity index is 478. The quantitative estimate of drug-likeness (QED) is 0.822. The van der Waals surface area contributed by atoms with Crippen LogP contribution in [0, 0.1) is 6.92 Å². The fraction of sp³-hybridized carbons (Fsp3) is 0.562. The molecule has 1 heterocycles. The first-order valence-corrected chi connectivity index (χ1v) is 7.48. The lowest BCUT2D eigenvalue weighted by Gasteiger charge is -2.34. The van der Waals surface area contributed by atoms with Crippen LogP contribution in [0.2, 0.25) is 0 Å². The fourth-order valence-corrected chi connectivity index (χ4v) is 2.76. The molecule has 21 heavy (non-hydrogen) atoms. The molecular weight excluding hydrogens is 268 g/mol. The average Bonchev–Trinajstić information content (AvgIpc) is 2.47. The Balaban J connectivity index is 1.84. The van der Waals surface area contributed by atoms with Gasteiger partial charge in [-0.25, -0.2) is 0 Å². The molecule has 0 aromatic heterocycles. The molecule has 1 saturated heterocycles. The number of hydrogen-bond donors (Lipinski definition) is 2. The van der Waals surface area contributed by atoms with Gasteiger partial charge in [0.15, 0.2) is 0 Å². The molecule has 1 fully saturated rings. The monoisotopic (exact) mass is 292 g/mol. The molecule has 1 amide bonds. The summed E-state index contributed by atoms with van der Waals surface area (Å²) in [5.74, 6) is 0.475. The summed E-state index contributed by atoms with van der Waals surface area (Å²) >= 11 is 0. The van der Waals surface area contributed by atoms with Crippen molar-refractivity contribution >= 4 is 5.91 Å². The van der Waals surface area contributed by atoms with Crippen LogP contribution in [0.3, 0.4) is 0 Å². The summed E-state index contributed by atoms with van der Waals surface area (Å²) in [5, 5.41) is 10.1. The summed E-state index contributed by atoms with van der Waals surface area (Å²) in [7, 11) is 0. The number of hydrogen-bond acceptors (Lipinski definition) is 4. The zero-order valence-corrected chi connectivity index (χ0v) is 12.5.